The van der Waals surface area contributed by atoms with E-state index in [9.17, 15) is 9.59 Å². The fourth-order valence-corrected chi connectivity index (χ4v) is 3.14. The summed E-state index contributed by atoms with van der Waals surface area (Å²) >= 11 is 0. The third-order valence-corrected chi connectivity index (χ3v) is 5.20. The molecular weight excluding hydrogens is 400 g/mol. The lowest BCUT2D eigenvalue weighted by Gasteiger charge is -2.05. The van der Waals surface area contributed by atoms with E-state index < -0.39 is 11.9 Å². The van der Waals surface area contributed by atoms with Crippen LogP contribution < -0.4 is 0 Å². The maximum absolute atomic E-state index is 10.8. The zero-order valence-electron chi connectivity index (χ0n) is 21.8. The van der Waals surface area contributed by atoms with Crippen LogP contribution >= 0.6 is 0 Å². The predicted molar refractivity (Wildman–Crippen MR) is 137 cm³/mol. The second-order valence-corrected chi connectivity index (χ2v) is 8.78. The van der Waals surface area contributed by atoms with E-state index in [2.05, 4.69) is 36.5 Å². The van der Waals surface area contributed by atoms with E-state index in [-0.39, 0.29) is 13.2 Å². The fourth-order valence-electron chi connectivity index (χ4n) is 3.14. The summed E-state index contributed by atoms with van der Waals surface area (Å²) in [6.45, 7) is 14.5. The van der Waals surface area contributed by atoms with Crippen molar-refractivity contribution in [2.45, 2.75) is 130 Å². The van der Waals surface area contributed by atoms with Crippen molar-refractivity contribution in [1.82, 2.24) is 0 Å². The van der Waals surface area contributed by atoms with Crippen LogP contribution in [0.3, 0.4) is 0 Å². The van der Waals surface area contributed by atoms with Crippen molar-refractivity contribution in [2.75, 3.05) is 13.2 Å². The molecule has 0 radical (unpaired) electrons. The first-order valence-electron chi connectivity index (χ1n) is 13.0. The maximum Gasteiger partial charge on any atom is 0.333 e. The lowest BCUT2D eigenvalue weighted by molar-refractivity contribution is -0.147. The molecule has 0 aromatic heterocycles. The number of hydrogen-bond donors (Lipinski definition) is 0. The zero-order chi connectivity index (χ0) is 24.5. The molecule has 0 unspecified atom stereocenters. The quantitative estimate of drug-likeness (QED) is 0.105. The summed E-state index contributed by atoms with van der Waals surface area (Å²) in [4.78, 5) is 21.7. The summed E-state index contributed by atoms with van der Waals surface area (Å²) in [6, 6.07) is 0. The molecule has 0 heterocycles. The van der Waals surface area contributed by atoms with Gasteiger partial charge in [-0.1, -0.05) is 130 Å². The number of rotatable bonds is 20. The number of unbranched alkanes of at least 4 members (excludes halogenated alkanes) is 15. The van der Waals surface area contributed by atoms with Crippen LogP contribution in [0.5, 0.6) is 0 Å². The molecule has 0 fully saturated rings. The second-order valence-electron chi connectivity index (χ2n) is 8.78. The van der Waals surface area contributed by atoms with Gasteiger partial charge in [0.25, 0.3) is 0 Å². The smallest absolute Gasteiger partial charge is 0.333 e. The Morgan fingerprint density at radius 2 is 0.719 bits per heavy atom. The molecule has 188 valence electrons. The van der Waals surface area contributed by atoms with Crippen LogP contribution in [-0.2, 0) is 19.1 Å². The van der Waals surface area contributed by atoms with Crippen LogP contribution in [0.15, 0.2) is 24.3 Å². The molecule has 0 amide bonds. The van der Waals surface area contributed by atoms with Gasteiger partial charge in [-0.05, 0) is 13.8 Å². The van der Waals surface area contributed by atoms with Gasteiger partial charge in [0, 0.05) is 11.1 Å². The Morgan fingerprint density at radius 3 is 0.906 bits per heavy atom. The molecule has 0 aliphatic carbocycles. The molecule has 0 aromatic carbocycles. The number of carbonyl (C=O) groups is 2. The number of esters is 2. The molecule has 0 saturated carbocycles. The molecule has 4 nitrogen and oxygen atoms in total. The highest BCUT2D eigenvalue weighted by Crippen LogP contribution is 2.13. The van der Waals surface area contributed by atoms with Crippen LogP contribution in [0, 0.1) is 0 Å². The van der Waals surface area contributed by atoms with Gasteiger partial charge >= 0.3 is 11.9 Å². The Balaban J connectivity index is 0. The summed E-state index contributed by atoms with van der Waals surface area (Å²) in [6.07, 6.45) is 23.4. The minimum atomic E-state index is -0.489. The van der Waals surface area contributed by atoms with Crippen molar-refractivity contribution in [3.05, 3.63) is 24.3 Å². The van der Waals surface area contributed by atoms with Gasteiger partial charge in [0.05, 0.1) is 0 Å². The number of carbonyl (C=O) groups excluding carboxylic acids is 2. The first kappa shape index (κ1) is 32.6. The molecule has 0 aromatic rings. The monoisotopic (exact) mass is 452 g/mol. The molecule has 0 N–H and O–H groups in total. The molecular formula is C28H52O4. The zero-order valence-corrected chi connectivity index (χ0v) is 21.8. The Labute approximate surface area is 199 Å². The van der Waals surface area contributed by atoms with Crippen LogP contribution in [0.1, 0.15) is 130 Å². The summed E-state index contributed by atoms with van der Waals surface area (Å²) in [5.41, 5.74) is 0.632. The van der Waals surface area contributed by atoms with Crippen molar-refractivity contribution in [1.29, 1.82) is 0 Å². The van der Waals surface area contributed by atoms with Gasteiger partial charge < -0.3 is 9.47 Å². The van der Waals surface area contributed by atoms with Gasteiger partial charge in [0.2, 0.25) is 0 Å². The van der Waals surface area contributed by atoms with Crippen molar-refractivity contribution in [3.63, 3.8) is 0 Å². The normalized spacial score (nSPS) is 10.1. The molecule has 0 atom stereocenters. The summed E-state index contributed by atoms with van der Waals surface area (Å²) in [5, 5.41) is 0. The molecule has 0 bridgehead atoms. The van der Waals surface area contributed by atoms with Crippen LogP contribution in [0.4, 0.5) is 0 Å². The highest BCUT2D eigenvalue weighted by Gasteiger charge is 2.05. The van der Waals surface area contributed by atoms with E-state index in [1.807, 2.05) is 0 Å². The van der Waals surface area contributed by atoms with E-state index in [0.29, 0.717) is 11.1 Å². The summed E-state index contributed by atoms with van der Waals surface area (Å²) < 4.78 is 9.38. The number of ether oxygens (including phenoxy) is 2. The van der Waals surface area contributed by atoms with E-state index in [0.717, 1.165) is 0 Å². The van der Waals surface area contributed by atoms with Crippen LogP contribution in [0.2, 0.25) is 0 Å². The summed E-state index contributed by atoms with van der Waals surface area (Å²) in [7, 11) is 0. The highest BCUT2D eigenvalue weighted by molar-refractivity contribution is 5.87. The van der Waals surface area contributed by atoms with Crippen molar-refractivity contribution < 1.29 is 19.1 Å². The molecule has 32 heavy (non-hydrogen) atoms. The largest absolute Gasteiger partial charge is 0.459 e. The van der Waals surface area contributed by atoms with E-state index in [1.165, 1.54) is 103 Å². The maximum atomic E-state index is 10.8. The SMILES string of the molecule is C=C(C)C(=O)OCCOC(=O)C(=C)C.CCCCCCCCCCCCCCCCCC. The van der Waals surface area contributed by atoms with Gasteiger partial charge in [-0.15, -0.1) is 0 Å². The fraction of sp³-hybridized carbons (Fsp3) is 0.786. The topological polar surface area (TPSA) is 52.6 Å². The standard InChI is InChI=1S/C18H38.C10H14O4/c1-3-5-7-9-11-13-15-17-18-16-14-12-10-8-6-4-2;1-7(2)9(11)13-5-6-14-10(12)8(3)4/h3-18H2,1-2H3;1,3,5-6H2,2,4H3. The minimum Gasteiger partial charge on any atom is -0.459 e. The van der Waals surface area contributed by atoms with E-state index in [4.69, 9.17) is 0 Å². The van der Waals surface area contributed by atoms with Gasteiger partial charge in [-0.25, -0.2) is 9.59 Å². The molecule has 0 spiro atoms. The number of hydrogen-bond acceptors (Lipinski definition) is 4. The molecule has 4 heteroatoms. The molecule has 0 aliphatic heterocycles. The highest BCUT2D eigenvalue weighted by atomic mass is 16.6. The van der Waals surface area contributed by atoms with Gasteiger partial charge in [0.15, 0.2) is 0 Å². The lowest BCUT2D eigenvalue weighted by atomic mass is 10.0. The van der Waals surface area contributed by atoms with Gasteiger partial charge in [0.1, 0.15) is 13.2 Å². The minimum absolute atomic E-state index is 0.0325. The Morgan fingerprint density at radius 1 is 0.500 bits per heavy atom. The average Bonchev–Trinajstić information content (AvgIpc) is 2.77. The van der Waals surface area contributed by atoms with Crippen molar-refractivity contribution in [3.8, 4) is 0 Å². The van der Waals surface area contributed by atoms with Crippen molar-refractivity contribution >= 4 is 11.9 Å². The Hall–Kier alpha value is -1.58. The molecule has 0 saturated heterocycles. The third kappa shape index (κ3) is 26.5. The molecule has 0 aliphatic rings. The van der Waals surface area contributed by atoms with Crippen LogP contribution in [0.25, 0.3) is 0 Å². The first-order valence-corrected chi connectivity index (χ1v) is 13.0. The Bertz CT molecular complexity index is 438. The molecule has 0 rings (SSSR count). The average molecular weight is 453 g/mol. The van der Waals surface area contributed by atoms with E-state index in [1.54, 1.807) is 13.8 Å². The third-order valence-electron chi connectivity index (χ3n) is 5.20. The predicted octanol–water partition coefficient (Wildman–Crippen LogP) is 8.49. The Kier molecular flexibility index (Phi) is 26.2. The van der Waals surface area contributed by atoms with Crippen molar-refractivity contribution in [2.24, 2.45) is 0 Å². The van der Waals surface area contributed by atoms with Crippen LogP contribution in [-0.4, -0.2) is 25.2 Å². The van der Waals surface area contributed by atoms with E-state index >= 15 is 0 Å². The lowest BCUT2D eigenvalue weighted by Crippen LogP contribution is -2.14. The van der Waals surface area contributed by atoms with Gasteiger partial charge in [-0.3, -0.25) is 0 Å². The first-order chi connectivity index (χ1) is 15.4. The summed E-state index contributed by atoms with van der Waals surface area (Å²) in [5.74, 6) is -0.979. The second kappa shape index (κ2) is 25.7. The van der Waals surface area contributed by atoms with Gasteiger partial charge in [-0.2, -0.15) is 0 Å².